The number of halogens is 4. The van der Waals surface area contributed by atoms with E-state index >= 15 is 0 Å². The molecule has 28 heavy (non-hydrogen) atoms. The second kappa shape index (κ2) is 7.69. The van der Waals surface area contributed by atoms with Crippen LogP contribution in [-0.4, -0.2) is 23.8 Å². The van der Waals surface area contributed by atoms with Gasteiger partial charge in [0.2, 0.25) is 0 Å². The number of pyridine rings is 1. The van der Waals surface area contributed by atoms with Gasteiger partial charge in [0.25, 0.3) is 5.56 Å². The van der Waals surface area contributed by atoms with Gasteiger partial charge in [0.1, 0.15) is 5.75 Å². The molecule has 4 nitrogen and oxygen atoms in total. The standard InChI is InChI=1S/C20H15ClF3NO3/c1-28-17-9-11(4-6-15(17)21)18-13(3-2-8-26)19(27)25-16-7-5-12(10-14(16)18)20(22,23)24/h2-7,9-10,26H,8H2,1H3,(H,25,27). The number of aromatic amines is 1. The number of aliphatic hydroxyl groups is 1. The zero-order chi connectivity index (χ0) is 20.5. The number of methoxy groups -OCH3 is 1. The Morgan fingerprint density at radius 3 is 2.61 bits per heavy atom. The van der Waals surface area contributed by atoms with E-state index in [1.54, 1.807) is 12.1 Å². The molecule has 0 radical (unpaired) electrons. The summed E-state index contributed by atoms with van der Waals surface area (Å²) in [5.41, 5.74) is -0.237. The van der Waals surface area contributed by atoms with Crippen LogP contribution in [0.5, 0.6) is 5.75 Å². The predicted octanol–water partition coefficient (Wildman–Crippen LogP) is 4.88. The van der Waals surface area contributed by atoms with Gasteiger partial charge in [0.15, 0.2) is 0 Å². The number of hydrogen-bond acceptors (Lipinski definition) is 3. The van der Waals surface area contributed by atoms with Crippen LogP contribution in [0.25, 0.3) is 28.1 Å². The van der Waals surface area contributed by atoms with Crippen molar-refractivity contribution < 1.29 is 23.0 Å². The number of H-pyrrole nitrogens is 1. The average molecular weight is 410 g/mol. The number of hydrogen-bond donors (Lipinski definition) is 2. The van der Waals surface area contributed by atoms with Crippen molar-refractivity contribution in [2.75, 3.05) is 13.7 Å². The molecule has 1 heterocycles. The van der Waals surface area contributed by atoms with Gasteiger partial charge < -0.3 is 14.8 Å². The van der Waals surface area contributed by atoms with Crippen LogP contribution in [0.1, 0.15) is 11.1 Å². The molecule has 8 heteroatoms. The van der Waals surface area contributed by atoms with Crippen molar-refractivity contribution in [1.29, 1.82) is 0 Å². The van der Waals surface area contributed by atoms with Gasteiger partial charge in [-0.05, 0) is 35.9 Å². The van der Waals surface area contributed by atoms with Crippen molar-refractivity contribution >= 4 is 28.6 Å². The highest BCUT2D eigenvalue weighted by molar-refractivity contribution is 6.32. The van der Waals surface area contributed by atoms with E-state index in [2.05, 4.69) is 4.98 Å². The number of benzene rings is 2. The summed E-state index contributed by atoms with van der Waals surface area (Å²) in [6, 6.07) is 7.79. The molecule has 1 aromatic heterocycles. The summed E-state index contributed by atoms with van der Waals surface area (Å²) in [5.74, 6) is 0.316. The van der Waals surface area contributed by atoms with Gasteiger partial charge >= 0.3 is 6.18 Å². The second-order valence-corrected chi connectivity index (χ2v) is 6.34. The van der Waals surface area contributed by atoms with Crippen molar-refractivity contribution in [3.63, 3.8) is 0 Å². The summed E-state index contributed by atoms with van der Waals surface area (Å²) in [7, 11) is 1.41. The number of alkyl halides is 3. The summed E-state index contributed by atoms with van der Waals surface area (Å²) in [5, 5.41) is 9.61. The lowest BCUT2D eigenvalue weighted by atomic mass is 9.94. The van der Waals surface area contributed by atoms with Crippen molar-refractivity contribution in [3.8, 4) is 16.9 Å². The van der Waals surface area contributed by atoms with Crippen molar-refractivity contribution in [2.45, 2.75) is 6.18 Å². The molecule has 2 aromatic carbocycles. The van der Waals surface area contributed by atoms with Crippen LogP contribution in [0.2, 0.25) is 5.02 Å². The third-order valence-electron chi connectivity index (χ3n) is 4.21. The number of ether oxygens (including phenoxy) is 1. The van der Waals surface area contributed by atoms with E-state index in [1.165, 1.54) is 31.4 Å². The molecule has 0 atom stereocenters. The van der Waals surface area contributed by atoms with Gasteiger partial charge in [0.05, 0.1) is 24.3 Å². The van der Waals surface area contributed by atoms with Gasteiger partial charge in [-0.1, -0.05) is 29.8 Å². The van der Waals surface area contributed by atoms with E-state index in [0.29, 0.717) is 16.3 Å². The van der Waals surface area contributed by atoms with Crippen LogP contribution in [0.4, 0.5) is 13.2 Å². The average Bonchev–Trinajstić information content (AvgIpc) is 2.65. The lowest BCUT2D eigenvalue weighted by molar-refractivity contribution is -0.137. The quantitative estimate of drug-likeness (QED) is 0.645. The number of aliphatic hydroxyl groups excluding tert-OH is 1. The van der Waals surface area contributed by atoms with Crippen LogP contribution in [0.3, 0.4) is 0 Å². The lowest BCUT2D eigenvalue weighted by Crippen LogP contribution is -2.13. The highest BCUT2D eigenvalue weighted by Gasteiger charge is 2.31. The van der Waals surface area contributed by atoms with Crippen molar-refractivity contribution in [3.05, 3.63) is 69.0 Å². The molecule has 0 amide bonds. The minimum Gasteiger partial charge on any atom is -0.495 e. The molecule has 3 aromatic rings. The van der Waals surface area contributed by atoms with Crippen molar-refractivity contribution in [1.82, 2.24) is 4.98 Å². The lowest BCUT2D eigenvalue weighted by Gasteiger charge is -2.14. The first-order valence-electron chi connectivity index (χ1n) is 8.14. The van der Waals surface area contributed by atoms with E-state index in [0.717, 1.165) is 12.1 Å². The number of nitrogens with one attached hydrogen (secondary N) is 1. The summed E-state index contributed by atoms with van der Waals surface area (Å²) in [6.07, 6.45) is -1.84. The van der Waals surface area contributed by atoms with Gasteiger partial charge in [-0.3, -0.25) is 4.79 Å². The fourth-order valence-corrected chi connectivity index (χ4v) is 3.14. The molecule has 0 saturated carbocycles. The largest absolute Gasteiger partial charge is 0.495 e. The summed E-state index contributed by atoms with van der Waals surface area (Å²) in [6.45, 7) is -0.330. The molecule has 146 valence electrons. The second-order valence-electron chi connectivity index (χ2n) is 5.94. The summed E-state index contributed by atoms with van der Waals surface area (Å²) >= 11 is 6.05. The van der Waals surface area contributed by atoms with Gasteiger partial charge in [-0.15, -0.1) is 0 Å². The zero-order valence-electron chi connectivity index (χ0n) is 14.6. The highest BCUT2D eigenvalue weighted by atomic mass is 35.5. The minimum atomic E-state index is -4.54. The Kier molecular flexibility index (Phi) is 5.49. The molecular weight excluding hydrogens is 395 g/mol. The molecule has 0 unspecified atom stereocenters. The number of fused-ring (bicyclic) bond motifs is 1. The Morgan fingerprint density at radius 1 is 1.21 bits per heavy atom. The molecule has 0 aliphatic heterocycles. The Balaban J connectivity index is 2.44. The zero-order valence-corrected chi connectivity index (χ0v) is 15.4. The van der Waals surface area contributed by atoms with Crippen molar-refractivity contribution in [2.24, 2.45) is 0 Å². The Morgan fingerprint density at radius 2 is 1.96 bits per heavy atom. The maximum absolute atomic E-state index is 13.2. The van der Waals surface area contributed by atoms with Gasteiger partial charge in [-0.25, -0.2) is 0 Å². The van der Waals surface area contributed by atoms with Crippen LogP contribution in [-0.2, 0) is 6.18 Å². The predicted molar refractivity (Wildman–Crippen MR) is 103 cm³/mol. The first kappa shape index (κ1) is 20.0. The van der Waals surface area contributed by atoms with E-state index in [4.69, 9.17) is 21.4 Å². The Hall–Kier alpha value is -2.77. The smallest absolute Gasteiger partial charge is 0.416 e. The molecule has 0 aliphatic carbocycles. The first-order valence-corrected chi connectivity index (χ1v) is 8.52. The normalized spacial score (nSPS) is 12.1. The Bertz CT molecular complexity index is 1120. The van der Waals surface area contributed by atoms with Gasteiger partial charge in [0, 0.05) is 22.0 Å². The Labute approximate surface area is 162 Å². The molecule has 0 bridgehead atoms. The molecule has 3 rings (SSSR count). The van der Waals surface area contributed by atoms with Crippen LogP contribution < -0.4 is 10.3 Å². The monoisotopic (exact) mass is 409 g/mol. The fraction of sp³-hybridized carbons (Fsp3) is 0.150. The number of rotatable bonds is 4. The van der Waals surface area contributed by atoms with E-state index in [-0.39, 0.29) is 28.6 Å². The maximum atomic E-state index is 13.2. The van der Waals surface area contributed by atoms with E-state index < -0.39 is 17.3 Å². The van der Waals surface area contributed by atoms with Crippen LogP contribution >= 0.6 is 11.6 Å². The van der Waals surface area contributed by atoms with Crippen LogP contribution in [0.15, 0.2) is 47.3 Å². The third-order valence-corrected chi connectivity index (χ3v) is 4.52. The highest BCUT2D eigenvalue weighted by Crippen LogP contribution is 2.38. The topological polar surface area (TPSA) is 62.3 Å². The summed E-state index contributed by atoms with van der Waals surface area (Å²) in [4.78, 5) is 15.2. The van der Waals surface area contributed by atoms with Gasteiger partial charge in [-0.2, -0.15) is 13.2 Å². The molecule has 0 fully saturated rings. The van der Waals surface area contributed by atoms with E-state index in [9.17, 15) is 18.0 Å². The molecule has 0 spiro atoms. The maximum Gasteiger partial charge on any atom is 0.416 e. The third kappa shape index (κ3) is 3.76. The fourth-order valence-electron chi connectivity index (χ4n) is 2.94. The molecular formula is C20H15ClF3NO3. The van der Waals surface area contributed by atoms with Crippen LogP contribution in [0, 0.1) is 0 Å². The molecule has 2 N–H and O–H groups in total. The summed E-state index contributed by atoms with van der Waals surface area (Å²) < 4.78 is 44.9. The first-order chi connectivity index (χ1) is 13.3. The number of aromatic nitrogens is 1. The minimum absolute atomic E-state index is 0.116. The molecule has 0 saturated heterocycles. The SMILES string of the molecule is COc1cc(-c2c(C=CCO)c(=O)[nH]c3ccc(C(F)(F)F)cc23)ccc1Cl. The molecule has 0 aliphatic rings. The van der Waals surface area contributed by atoms with E-state index in [1.807, 2.05) is 0 Å².